The molecule has 0 aliphatic rings. The molecule has 1 aromatic heterocycles. The van der Waals surface area contributed by atoms with Crippen LogP contribution in [0.2, 0.25) is 0 Å². The minimum Gasteiger partial charge on any atom is -0.462 e. The molecule has 0 spiro atoms. The first-order valence-electron chi connectivity index (χ1n) is 7.58. The molecule has 0 bridgehead atoms. The van der Waals surface area contributed by atoms with Gasteiger partial charge in [-0.25, -0.2) is 0 Å². The lowest BCUT2D eigenvalue weighted by Crippen LogP contribution is -2.18. The fourth-order valence-electron chi connectivity index (χ4n) is 1.88. The lowest BCUT2D eigenvalue weighted by Gasteiger charge is -2.05. The maximum absolute atomic E-state index is 5.71. The molecule has 3 heteroatoms. The predicted molar refractivity (Wildman–Crippen MR) is 79.1 cm³/mol. The Kier molecular flexibility index (Phi) is 8.59. The minimum absolute atomic E-state index is 0.594. The molecule has 0 saturated carbocycles. The normalized spacial score (nSPS) is 11.4. The molecule has 1 heterocycles. The van der Waals surface area contributed by atoms with Crippen LogP contribution in [0, 0.1) is 5.92 Å². The van der Waals surface area contributed by atoms with E-state index in [0.717, 1.165) is 37.6 Å². The van der Waals surface area contributed by atoms with Gasteiger partial charge in [-0.05, 0) is 31.0 Å². The highest BCUT2D eigenvalue weighted by Crippen LogP contribution is 2.09. The number of furan rings is 1. The lowest BCUT2D eigenvalue weighted by atomic mass is 10.2. The first-order chi connectivity index (χ1) is 9.22. The predicted octanol–water partition coefficient (Wildman–Crippen LogP) is 4.12. The maximum atomic E-state index is 5.71. The van der Waals surface area contributed by atoms with Gasteiger partial charge in [0.15, 0.2) is 0 Å². The quantitative estimate of drug-likeness (QED) is 0.612. The van der Waals surface area contributed by atoms with Gasteiger partial charge in [0, 0.05) is 6.61 Å². The number of unbranched alkanes of at least 4 members (excludes halogenated alkanes) is 3. The third-order valence-corrected chi connectivity index (χ3v) is 2.96. The van der Waals surface area contributed by atoms with E-state index in [0.29, 0.717) is 12.5 Å². The van der Waals surface area contributed by atoms with Crippen LogP contribution in [0.1, 0.15) is 58.0 Å². The van der Waals surface area contributed by atoms with Crippen molar-refractivity contribution in [2.24, 2.45) is 5.92 Å². The molecule has 0 aliphatic carbocycles. The summed E-state index contributed by atoms with van der Waals surface area (Å²) < 4.78 is 11.3. The van der Waals surface area contributed by atoms with Crippen molar-refractivity contribution < 1.29 is 9.15 Å². The van der Waals surface area contributed by atoms with Crippen molar-refractivity contribution in [1.82, 2.24) is 5.32 Å². The summed E-state index contributed by atoms with van der Waals surface area (Å²) in [6.07, 6.45) is 4.98. The van der Waals surface area contributed by atoms with Crippen LogP contribution in [0.4, 0.5) is 0 Å². The molecule has 3 nitrogen and oxygen atoms in total. The summed E-state index contributed by atoms with van der Waals surface area (Å²) in [5, 5.41) is 3.37. The van der Waals surface area contributed by atoms with Gasteiger partial charge in [0.25, 0.3) is 0 Å². The summed E-state index contributed by atoms with van der Waals surface area (Å²) in [6.45, 7) is 9.87. The Morgan fingerprint density at radius 3 is 2.68 bits per heavy atom. The average Bonchev–Trinajstić information content (AvgIpc) is 2.81. The summed E-state index contributed by atoms with van der Waals surface area (Å²) >= 11 is 0. The van der Waals surface area contributed by atoms with Gasteiger partial charge in [0.2, 0.25) is 0 Å². The Morgan fingerprint density at radius 2 is 1.95 bits per heavy atom. The van der Waals surface area contributed by atoms with E-state index >= 15 is 0 Å². The van der Waals surface area contributed by atoms with Crippen molar-refractivity contribution in [2.45, 2.75) is 59.6 Å². The minimum atomic E-state index is 0.594. The van der Waals surface area contributed by atoms with Gasteiger partial charge in [-0.3, -0.25) is 0 Å². The molecule has 1 N–H and O–H groups in total. The fourth-order valence-corrected chi connectivity index (χ4v) is 1.88. The van der Waals surface area contributed by atoms with Gasteiger partial charge in [0.05, 0.1) is 6.54 Å². The van der Waals surface area contributed by atoms with E-state index in [1.807, 2.05) is 12.1 Å². The number of hydrogen-bond acceptors (Lipinski definition) is 3. The highest BCUT2D eigenvalue weighted by Gasteiger charge is 2.02. The van der Waals surface area contributed by atoms with Crippen LogP contribution in [-0.2, 0) is 17.9 Å². The van der Waals surface area contributed by atoms with Crippen LogP contribution < -0.4 is 5.32 Å². The summed E-state index contributed by atoms with van der Waals surface area (Å²) in [4.78, 5) is 0. The van der Waals surface area contributed by atoms with E-state index in [1.54, 1.807) is 0 Å². The standard InChI is InChI=1S/C16H29NO2/c1-4-5-6-7-10-18-13-16-9-8-15(19-16)12-17-11-14(2)3/h8-9,14,17H,4-7,10-13H2,1-3H3. The summed E-state index contributed by atoms with van der Waals surface area (Å²) in [5.74, 6) is 2.59. The monoisotopic (exact) mass is 267 g/mol. The van der Waals surface area contributed by atoms with Crippen molar-refractivity contribution in [3.63, 3.8) is 0 Å². The van der Waals surface area contributed by atoms with Crippen molar-refractivity contribution in [3.8, 4) is 0 Å². The second kappa shape index (κ2) is 10.0. The molecule has 0 aromatic carbocycles. The fraction of sp³-hybridized carbons (Fsp3) is 0.750. The van der Waals surface area contributed by atoms with Crippen LogP contribution in [0.5, 0.6) is 0 Å². The molecular formula is C16H29NO2. The van der Waals surface area contributed by atoms with E-state index in [1.165, 1.54) is 19.3 Å². The van der Waals surface area contributed by atoms with E-state index in [9.17, 15) is 0 Å². The first kappa shape index (κ1) is 16.3. The van der Waals surface area contributed by atoms with Crippen LogP contribution >= 0.6 is 0 Å². The van der Waals surface area contributed by atoms with Crippen molar-refractivity contribution in [2.75, 3.05) is 13.2 Å². The first-order valence-corrected chi connectivity index (χ1v) is 7.58. The third-order valence-electron chi connectivity index (χ3n) is 2.96. The largest absolute Gasteiger partial charge is 0.462 e. The lowest BCUT2D eigenvalue weighted by molar-refractivity contribution is 0.101. The second-order valence-electron chi connectivity index (χ2n) is 5.51. The summed E-state index contributed by atoms with van der Waals surface area (Å²) in [5.41, 5.74) is 0. The highest BCUT2D eigenvalue weighted by atomic mass is 16.5. The van der Waals surface area contributed by atoms with E-state index in [2.05, 4.69) is 26.1 Å². The van der Waals surface area contributed by atoms with E-state index < -0.39 is 0 Å². The number of nitrogens with one attached hydrogen (secondary N) is 1. The highest BCUT2D eigenvalue weighted by molar-refractivity contribution is 5.06. The molecule has 0 saturated heterocycles. The second-order valence-corrected chi connectivity index (χ2v) is 5.51. The SMILES string of the molecule is CCCCCCOCc1ccc(CNCC(C)C)o1. The zero-order chi connectivity index (χ0) is 13.9. The van der Waals surface area contributed by atoms with Crippen LogP contribution in [0.3, 0.4) is 0 Å². The van der Waals surface area contributed by atoms with E-state index in [4.69, 9.17) is 9.15 Å². The van der Waals surface area contributed by atoms with Gasteiger partial charge < -0.3 is 14.5 Å². The van der Waals surface area contributed by atoms with Gasteiger partial charge >= 0.3 is 0 Å². The van der Waals surface area contributed by atoms with Gasteiger partial charge in [0.1, 0.15) is 18.1 Å². The molecule has 19 heavy (non-hydrogen) atoms. The van der Waals surface area contributed by atoms with Crippen molar-refractivity contribution >= 4 is 0 Å². The van der Waals surface area contributed by atoms with Crippen LogP contribution in [-0.4, -0.2) is 13.2 Å². The smallest absolute Gasteiger partial charge is 0.129 e. The topological polar surface area (TPSA) is 34.4 Å². The molecule has 0 aliphatic heterocycles. The molecular weight excluding hydrogens is 238 g/mol. The molecule has 110 valence electrons. The van der Waals surface area contributed by atoms with E-state index in [-0.39, 0.29) is 0 Å². The zero-order valence-electron chi connectivity index (χ0n) is 12.7. The Bertz CT molecular complexity index is 320. The molecule has 0 atom stereocenters. The summed E-state index contributed by atoms with van der Waals surface area (Å²) in [7, 11) is 0. The van der Waals surface area contributed by atoms with Crippen LogP contribution in [0.15, 0.2) is 16.5 Å². The Labute approximate surface area is 117 Å². The zero-order valence-corrected chi connectivity index (χ0v) is 12.7. The molecule has 0 radical (unpaired) electrons. The molecule has 0 unspecified atom stereocenters. The molecule has 0 fully saturated rings. The molecule has 1 rings (SSSR count). The van der Waals surface area contributed by atoms with Gasteiger partial charge in [-0.15, -0.1) is 0 Å². The van der Waals surface area contributed by atoms with Crippen molar-refractivity contribution in [1.29, 1.82) is 0 Å². The molecule has 1 aromatic rings. The summed E-state index contributed by atoms with van der Waals surface area (Å²) in [6, 6.07) is 4.04. The number of ether oxygens (including phenoxy) is 1. The average molecular weight is 267 g/mol. The Hall–Kier alpha value is -0.800. The number of rotatable bonds is 11. The Morgan fingerprint density at radius 1 is 1.16 bits per heavy atom. The third kappa shape index (κ3) is 8.06. The molecule has 0 amide bonds. The number of hydrogen-bond donors (Lipinski definition) is 1. The Balaban J connectivity index is 2.09. The van der Waals surface area contributed by atoms with Crippen molar-refractivity contribution in [3.05, 3.63) is 23.7 Å². The van der Waals surface area contributed by atoms with Gasteiger partial charge in [-0.2, -0.15) is 0 Å². The van der Waals surface area contributed by atoms with Crippen LogP contribution in [0.25, 0.3) is 0 Å². The van der Waals surface area contributed by atoms with Gasteiger partial charge in [-0.1, -0.05) is 40.0 Å². The maximum Gasteiger partial charge on any atom is 0.129 e.